The number of halogens is 4. The summed E-state index contributed by atoms with van der Waals surface area (Å²) in [7, 11) is 0. The molecule has 1 fully saturated rings. The number of hydrogen-bond acceptors (Lipinski definition) is 1. The van der Waals surface area contributed by atoms with Crippen LogP contribution in [0.1, 0.15) is 19.4 Å². The smallest absolute Gasteiger partial charge is 0.307 e. The van der Waals surface area contributed by atoms with Crippen LogP contribution in [0.3, 0.4) is 0 Å². The fourth-order valence-corrected chi connectivity index (χ4v) is 4.94. The third kappa shape index (κ3) is 2.77. The standard InChI is InChI=1S/C14H14Br2Cl2O2/c1-13(2)9(10(13)12(19)20)11(15)14(16,18)7-3-5-8(17)6-4-7/h3-6,9-11H,1-2H3,(H,19,20)/t9-,10-,11-,14-/m0/s1. The molecule has 0 saturated heterocycles. The highest BCUT2D eigenvalue weighted by atomic mass is 79.9. The van der Waals surface area contributed by atoms with E-state index < -0.39 is 15.7 Å². The van der Waals surface area contributed by atoms with Gasteiger partial charge in [-0.05, 0) is 29.0 Å². The summed E-state index contributed by atoms with van der Waals surface area (Å²) in [5, 5.41) is 9.92. The van der Waals surface area contributed by atoms with Crippen LogP contribution >= 0.6 is 55.1 Å². The topological polar surface area (TPSA) is 37.3 Å². The van der Waals surface area contributed by atoms with Crippen molar-refractivity contribution in [3.8, 4) is 0 Å². The van der Waals surface area contributed by atoms with Gasteiger partial charge in [0.1, 0.15) is 3.78 Å². The first-order valence-electron chi connectivity index (χ1n) is 6.11. The molecule has 4 atom stereocenters. The fourth-order valence-electron chi connectivity index (χ4n) is 2.75. The van der Waals surface area contributed by atoms with Crippen molar-refractivity contribution < 1.29 is 9.90 Å². The highest BCUT2D eigenvalue weighted by Crippen LogP contribution is 2.66. The van der Waals surface area contributed by atoms with E-state index in [1.807, 2.05) is 26.0 Å². The van der Waals surface area contributed by atoms with Gasteiger partial charge in [-0.3, -0.25) is 4.79 Å². The molecule has 0 radical (unpaired) electrons. The lowest BCUT2D eigenvalue weighted by Gasteiger charge is -2.27. The van der Waals surface area contributed by atoms with Gasteiger partial charge in [-0.25, -0.2) is 0 Å². The van der Waals surface area contributed by atoms with Crippen LogP contribution < -0.4 is 0 Å². The number of carboxylic acids is 1. The van der Waals surface area contributed by atoms with Crippen molar-refractivity contribution >= 4 is 61.0 Å². The van der Waals surface area contributed by atoms with E-state index in [2.05, 4.69) is 31.9 Å². The molecule has 2 rings (SSSR count). The van der Waals surface area contributed by atoms with E-state index in [4.69, 9.17) is 23.2 Å². The van der Waals surface area contributed by atoms with E-state index in [0.29, 0.717) is 5.02 Å². The normalized spacial score (nSPS) is 28.5. The van der Waals surface area contributed by atoms with Crippen LogP contribution in [0.4, 0.5) is 0 Å². The van der Waals surface area contributed by atoms with Crippen molar-refractivity contribution in [2.45, 2.75) is 22.5 Å². The van der Waals surface area contributed by atoms with Crippen LogP contribution in [0, 0.1) is 17.3 Å². The van der Waals surface area contributed by atoms with Gasteiger partial charge in [0.2, 0.25) is 0 Å². The van der Waals surface area contributed by atoms with Gasteiger partial charge in [0.25, 0.3) is 0 Å². The Kier molecular flexibility index (Phi) is 4.53. The Morgan fingerprint density at radius 3 is 2.30 bits per heavy atom. The molecule has 1 aromatic rings. The monoisotopic (exact) mass is 442 g/mol. The Labute approximate surface area is 145 Å². The highest BCUT2D eigenvalue weighted by molar-refractivity contribution is 9.12. The molecule has 1 aliphatic rings. The average molecular weight is 445 g/mol. The second kappa shape index (κ2) is 5.45. The Bertz CT molecular complexity index is 528. The van der Waals surface area contributed by atoms with Crippen molar-refractivity contribution in [1.82, 2.24) is 0 Å². The van der Waals surface area contributed by atoms with Crippen molar-refractivity contribution in [2.75, 3.05) is 0 Å². The molecule has 0 heterocycles. The van der Waals surface area contributed by atoms with Crippen LogP contribution in [0.25, 0.3) is 0 Å². The van der Waals surface area contributed by atoms with E-state index in [1.54, 1.807) is 12.1 Å². The molecule has 1 saturated carbocycles. The lowest BCUT2D eigenvalue weighted by molar-refractivity contribution is -0.139. The lowest BCUT2D eigenvalue weighted by atomic mass is 10.0. The Morgan fingerprint density at radius 1 is 1.40 bits per heavy atom. The Hall–Kier alpha value is 0.230. The second-order valence-corrected chi connectivity index (χ2v) is 9.42. The maximum absolute atomic E-state index is 11.3. The minimum Gasteiger partial charge on any atom is -0.481 e. The number of hydrogen-bond donors (Lipinski definition) is 1. The van der Waals surface area contributed by atoms with Gasteiger partial charge in [-0.2, -0.15) is 0 Å². The van der Waals surface area contributed by atoms with Crippen LogP contribution in [0.2, 0.25) is 5.02 Å². The molecule has 0 aliphatic heterocycles. The van der Waals surface area contributed by atoms with Gasteiger partial charge >= 0.3 is 5.97 Å². The summed E-state index contributed by atoms with van der Waals surface area (Å²) in [5.74, 6) is -1.22. The van der Waals surface area contributed by atoms with Crippen LogP contribution in [0.5, 0.6) is 0 Å². The first-order valence-corrected chi connectivity index (χ1v) is 8.57. The number of aliphatic carboxylic acids is 1. The molecule has 0 aromatic heterocycles. The molecule has 0 bridgehead atoms. The molecule has 20 heavy (non-hydrogen) atoms. The van der Waals surface area contributed by atoms with Gasteiger partial charge in [0, 0.05) is 5.02 Å². The Morgan fingerprint density at radius 2 is 1.90 bits per heavy atom. The van der Waals surface area contributed by atoms with Crippen molar-refractivity contribution in [3.05, 3.63) is 34.9 Å². The number of carboxylic acid groups (broad SMARTS) is 1. The predicted octanol–water partition coefficient (Wildman–Crippen LogP) is 5.25. The fraction of sp³-hybridized carbons (Fsp3) is 0.500. The molecule has 110 valence electrons. The summed E-state index contributed by atoms with van der Waals surface area (Å²) in [6.45, 7) is 3.90. The zero-order valence-electron chi connectivity index (χ0n) is 10.9. The first kappa shape index (κ1) is 16.6. The van der Waals surface area contributed by atoms with Crippen molar-refractivity contribution in [1.29, 1.82) is 0 Å². The molecular formula is C14H14Br2Cl2O2. The van der Waals surface area contributed by atoms with Gasteiger partial charge in [0.15, 0.2) is 0 Å². The maximum Gasteiger partial charge on any atom is 0.307 e. The third-order valence-electron chi connectivity index (χ3n) is 4.07. The minimum atomic E-state index is -0.871. The predicted molar refractivity (Wildman–Crippen MR) is 89.0 cm³/mol. The van der Waals surface area contributed by atoms with E-state index in [1.165, 1.54) is 0 Å². The van der Waals surface area contributed by atoms with E-state index in [-0.39, 0.29) is 16.2 Å². The van der Waals surface area contributed by atoms with Gasteiger partial charge < -0.3 is 5.11 Å². The first-order chi connectivity index (χ1) is 9.10. The SMILES string of the molecule is CC1(C)[C@H]([C@H](Br)[C@](Cl)(Br)c2ccc(Cl)cc2)[C@H]1C(=O)O. The van der Waals surface area contributed by atoms with Crippen molar-refractivity contribution in [3.63, 3.8) is 0 Å². The van der Waals surface area contributed by atoms with Gasteiger partial charge in [0.05, 0.1) is 10.7 Å². The summed E-state index contributed by atoms with van der Waals surface area (Å²) in [6, 6.07) is 7.20. The quantitative estimate of drug-likeness (QED) is 0.644. The summed E-state index contributed by atoms with van der Waals surface area (Å²) in [6.07, 6.45) is 0. The molecular weight excluding hydrogens is 431 g/mol. The molecule has 0 unspecified atom stereocenters. The molecule has 0 amide bonds. The van der Waals surface area contributed by atoms with Crippen LogP contribution in [-0.4, -0.2) is 15.9 Å². The largest absolute Gasteiger partial charge is 0.481 e. The number of alkyl halides is 3. The summed E-state index contributed by atoms with van der Waals surface area (Å²) >= 11 is 19.6. The minimum absolute atomic E-state index is 0.0486. The van der Waals surface area contributed by atoms with Gasteiger partial charge in [-0.1, -0.05) is 69.4 Å². The highest BCUT2D eigenvalue weighted by Gasteiger charge is 2.67. The van der Waals surface area contributed by atoms with E-state index >= 15 is 0 Å². The van der Waals surface area contributed by atoms with Crippen LogP contribution in [0.15, 0.2) is 24.3 Å². The molecule has 1 aromatic carbocycles. The van der Waals surface area contributed by atoms with E-state index in [9.17, 15) is 9.90 Å². The zero-order chi connectivity index (χ0) is 15.3. The number of benzene rings is 1. The number of rotatable bonds is 4. The molecule has 0 spiro atoms. The maximum atomic E-state index is 11.3. The van der Waals surface area contributed by atoms with Crippen LogP contribution in [-0.2, 0) is 8.58 Å². The Balaban J connectivity index is 2.26. The molecule has 2 nitrogen and oxygen atoms in total. The van der Waals surface area contributed by atoms with E-state index in [0.717, 1.165) is 5.56 Å². The molecule has 1 N–H and O–H groups in total. The van der Waals surface area contributed by atoms with Gasteiger partial charge in [-0.15, -0.1) is 11.6 Å². The average Bonchev–Trinajstić information content (AvgIpc) is 2.91. The summed E-state index contributed by atoms with van der Waals surface area (Å²) < 4.78 is -0.871. The third-order valence-corrected chi connectivity index (χ3v) is 7.86. The lowest BCUT2D eigenvalue weighted by Crippen LogP contribution is -2.27. The molecule has 6 heteroatoms. The summed E-state index contributed by atoms with van der Waals surface area (Å²) in [5.41, 5.74) is 0.567. The van der Waals surface area contributed by atoms with Crippen molar-refractivity contribution in [2.24, 2.45) is 17.3 Å². The molecule has 1 aliphatic carbocycles. The zero-order valence-corrected chi connectivity index (χ0v) is 15.6. The number of carbonyl (C=O) groups is 1. The summed E-state index contributed by atoms with van der Waals surface area (Å²) in [4.78, 5) is 11.1. The second-order valence-electron chi connectivity index (χ2n) is 5.69.